The number of aromatic nitrogens is 4. The second-order valence-corrected chi connectivity index (χ2v) is 7.77. The van der Waals surface area contributed by atoms with E-state index in [0.717, 1.165) is 5.06 Å². The number of aryl methyl sites for hydroxylation is 1. The molecule has 1 aliphatic rings. The van der Waals surface area contributed by atoms with Crippen LogP contribution in [0, 0.1) is 5.82 Å². The van der Waals surface area contributed by atoms with Crippen LogP contribution in [0.3, 0.4) is 0 Å². The monoisotopic (exact) mass is 472 g/mol. The van der Waals surface area contributed by atoms with Gasteiger partial charge in [0.25, 0.3) is 0 Å². The summed E-state index contributed by atoms with van der Waals surface area (Å²) < 4.78 is 16.1. The number of aliphatic hydroxyl groups excluding tert-OH is 1. The number of halogens is 2. The van der Waals surface area contributed by atoms with Crippen molar-refractivity contribution in [2.45, 2.75) is 13.0 Å². The third-order valence-electron chi connectivity index (χ3n) is 4.86. The molecule has 10 nitrogen and oxygen atoms in total. The van der Waals surface area contributed by atoms with Gasteiger partial charge in [-0.15, -0.1) is 0 Å². The number of hydroxylamine groups is 2. The Morgan fingerprint density at radius 1 is 1.21 bits per heavy atom. The number of anilines is 4. The van der Waals surface area contributed by atoms with Gasteiger partial charge in [-0.05, 0) is 30.7 Å². The van der Waals surface area contributed by atoms with Crippen molar-refractivity contribution in [3.8, 4) is 0 Å². The predicted octanol–water partition coefficient (Wildman–Crippen LogP) is 3.74. The average Bonchev–Trinajstić information content (AvgIpc) is 3.20. The van der Waals surface area contributed by atoms with E-state index in [9.17, 15) is 14.7 Å². The molecular weight excluding hydrogens is 451 g/mol. The Balaban J connectivity index is 1.59. The molecule has 4 N–H and O–H groups in total. The van der Waals surface area contributed by atoms with Crippen molar-refractivity contribution in [3.63, 3.8) is 0 Å². The van der Waals surface area contributed by atoms with Crippen molar-refractivity contribution in [1.82, 2.24) is 24.8 Å². The quantitative estimate of drug-likeness (QED) is 0.408. The highest BCUT2D eigenvalue weighted by molar-refractivity contribution is 6.32. The predicted molar refractivity (Wildman–Crippen MR) is 122 cm³/mol. The van der Waals surface area contributed by atoms with Crippen LogP contribution in [-0.2, 0) is 7.05 Å². The standard InChI is InChI=1S/C21H22ClFN8O2/c1-13-10-30(3-4-31(13)33)17-6-14(5-15(23)7-17)19(12-32)27-20-18(22)9-24-21(28-20)26-16-8-25-29(2)11-16/h3-11,19,32-33H,12H2,1-2H3,(H2,24,26,27,28)/t19-/m1/s1. The minimum absolute atomic E-state index is 0.238. The van der Waals surface area contributed by atoms with E-state index in [1.54, 1.807) is 54.4 Å². The molecule has 2 aromatic heterocycles. The fourth-order valence-corrected chi connectivity index (χ4v) is 3.35. The molecule has 3 aromatic rings. The zero-order valence-electron chi connectivity index (χ0n) is 17.8. The third-order valence-corrected chi connectivity index (χ3v) is 5.14. The van der Waals surface area contributed by atoms with Gasteiger partial charge in [0.2, 0.25) is 5.95 Å². The number of allylic oxidation sites excluding steroid dienone is 1. The Morgan fingerprint density at radius 2 is 2.03 bits per heavy atom. The number of hydrogen-bond donors (Lipinski definition) is 4. The number of aliphatic hydroxyl groups is 1. The van der Waals surface area contributed by atoms with Crippen LogP contribution in [0.4, 0.5) is 27.5 Å². The largest absolute Gasteiger partial charge is 0.394 e. The highest BCUT2D eigenvalue weighted by Crippen LogP contribution is 2.29. The highest BCUT2D eigenvalue weighted by atomic mass is 35.5. The summed E-state index contributed by atoms with van der Waals surface area (Å²) in [6.07, 6.45) is 9.49. The minimum atomic E-state index is -0.703. The number of benzene rings is 1. The van der Waals surface area contributed by atoms with Crippen LogP contribution in [0.15, 0.2) is 61.1 Å². The molecule has 1 aliphatic heterocycles. The van der Waals surface area contributed by atoms with E-state index >= 15 is 0 Å². The first-order chi connectivity index (χ1) is 15.8. The lowest BCUT2D eigenvalue weighted by Gasteiger charge is -2.26. The second kappa shape index (κ2) is 9.45. The lowest BCUT2D eigenvalue weighted by molar-refractivity contribution is -0.00550. The smallest absolute Gasteiger partial charge is 0.229 e. The lowest BCUT2D eigenvalue weighted by atomic mass is 10.1. The third kappa shape index (κ3) is 5.22. The molecule has 1 aromatic carbocycles. The molecule has 0 bridgehead atoms. The second-order valence-electron chi connectivity index (χ2n) is 7.36. The van der Waals surface area contributed by atoms with E-state index in [1.807, 2.05) is 0 Å². The first-order valence-corrected chi connectivity index (χ1v) is 10.3. The normalized spacial score (nSPS) is 14.3. The average molecular weight is 473 g/mol. The molecule has 172 valence electrons. The number of nitrogens with one attached hydrogen (secondary N) is 2. The SMILES string of the molecule is CC1=CN(c2cc(F)cc([C@@H](CO)Nc3nc(Nc4cnn(C)c4)ncc3Cl)c2)C=CN1O. The van der Waals surface area contributed by atoms with Gasteiger partial charge in [0.15, 0.2) is 5.82 Å². The van der Waals surface area contributed by atoms with Gasteiger partial charge in [-0.2, -0.15) is 10.1 Å². The number of nitrogens with zero attached hydrogens (tertiary/aromatic N) is 6. The summed E-state index contributed by atoms with van der Waals surface area (Å²) in [6.45, 7) is 1.37. The zero-order chi connectivity index (χ0) is 23.5. The van der Waals surface area contributed by atoms with Crippen LogP contribution in [0.25, 0.3) is 0 Å². The molecule has 0 spiro atoms. The Hall–Kier alpha value is -3.67. The first kappa shape index (κ1) is 22.5. The van der Waals surface area contributed by atoms with E-state index < -0.39 is 11.9 Å². The Kier molecular flexibility index (Phi) is 6.45. The number of hydrogen-bond acceptors (Lipinski definition) is 9. The van der Waals surface area contributed by atoms with Gasteiger partial charge in [0, 0.05) is 37.5 Å². The topological polar surface area (TPSA) is 115 Å². The molecule has 0 fully saturated rings. The minimum Gasteiger partial charge on any atom is -0.394 e. The van der Waals surface area contributed by atoms with Crippen molar-refractivity contribution in [3.05, 3.63) is 77.5 Å². The van der Waals surface area contributed by atoms with Crippen LogP contribution in [-0.4, -0.2) is 41.7 Å². The molecule has 0 amide bonds. The maximum absolute atomic E-state index is 14.5. The van der Waals surface area contributed by atoms with E-state index in [1.165, 1.54) is 24.5 Å². The van der Waals surface area contributed by atoms with Crippen molar-refractivity contribution in [1.29, 1.82) is 0 Å². The fourth-order valence-electron chi connectivity index (χ4n) is 3.21. The van der Waals surface area contributed by atoms with E-state index in [0.29, 0.717) is 22.6 Å². The molecular formula is C21H22ClFN8O2. The van der Waals surface area contributed by atoms with Gasteiger partial charge in [-0.25, -0.2) is 14.4 Å². The Morgan fingerprint density at radius 3 is 2.73 bits per heavy atom. The molecule has 12 heteroatoms. The summed E-state index contributed by atoms with van der Waals surface area (Å²) in [5.74, 6) is 0.0629. The molecule has 4 rings (SSSR count). The molecule has 0 radical (unpaired) electrons. The van der Waals surface area contributed by atoms with Crippen LogP contribution in [0.2, 0.25) is 5.02 Å². The van der Waals surface area contributed by atoms with Crippen LogP contribution < -0.4 is 15.5 Å². The van der Waals surface area contributed by atoms with Crippen LogP contribution in [0.5, 0.6) is 0 Å². The molecule has 33 heavy (non-hydrogen) atoms. The van der Waals surface area contributed by atoms with Gasteiger partial charge < -0.3 is 20.6 Å². The van der Waals surface area contributed by atoms with E-state index in [2.05, 4.69) is 25.7 Å². The van der Waals surface area contributed by atoms with Gasteiger partial charge in [0.05, 0.1) is 36.4 Å². The van der Waals surface area contributed by atoms with Gasteiger partial charge in [-0.1, -0.05) is 11.6 Å². The first-order valence-electron chi connectivity index (χ1n) is 9.91. The van der Waals surface area contributed by atoms with Crippen molar-refractivity contribution in [2.24, 2.45) is 7.05 Å². The van der Waals surface area contributed by atoms with Crippen LogP contribution >= 0.6 is 11.6 Å². The molecule has 1 atom stereocenters. The molecule has 0 aliphatic carbocycles. The summed E-state index contributed by atoms with van der Waals surface area (Å²) in [7, 11) is 1.79. The zero-order valence-corrected chi connectivity index (χ0v) is 18.6. The maximum atomic E-state index is 14.5. The fraction of sp³-hybridized carbons (Fsp3) is 0.190. The van der Waals surface area contributed by atoms with Gasteiger partial charge >= 0.3 is 0 Å². The molecule has 0 saturated carbocycles. The Labute approximate surface area is 194 Å². The van der Waals surface area contributed by atoms with Crippen molar-refractivity contribution in [2.75, 3.05) is 22.1 Å². The Bertz CT molecular complexity index is 1210. The number of rotatable bonds is 7. The lowest BCUT2D eigenvalue weighted by Crippen LogP contribution is -2.22. The van der Waals surface area contributed by atoms with Gasteiger partial charge in [-0.3, -0.25) is 9.89 Å². The highest BCUT2D eigenvalue weighted by Gasteiger charge is 2.18. The van der Waals surface area contributed by atoms with Gasteiger partial charge in [0.1, 0.15) is 10.8 Å². The molecule has 0 unspecified atom stereocenters. The summed E-state index contributed by atoms with van der Waals surface area (Å²) in [4.78, 5) is 10.2. The van der Waals surface area contributed by atoms with Crippen molar-refractivity contribution < 1.29 is 14.7 Å². The van der Waals surface area contributed by atoms with E-state index in [4.69, 9.17) is 11.6 Å². The van der Waals surface area contributed by atoms with Crippen LogP contribution in [0.1, 0.15) is 18.5 Å². The van der Waals surface area contributed by atoms with E-state index in [-0.39, 0.29) is 23.4 Å². The maximum Gasteiger partial charge on any atom is 0.229 e. The summed E-state index contributed by atoms with van der Waals surface area (Å²) >= 11 is 6.26. The molecule has 3 heterocycles. The molecule has 0 saturated heterocycles. The summed E-state index contributed by atoms with van der Waals surface area (Å²) in [5, 5.41) is 31.1. The summed E-state index contributed by atoms with van der Waals surface area (Å²) in [5.41, 5.74) is 2.25. The summed E-state index contributed by atoms with van der Waals surface area (Å²) in [6, 6.07) is 3.70. The van der Waals surface area contributed by atoms with Crippen molar-refractivity contribution >= 4 is 34.7 Å².